The molecule has 2 aromatic heterocycles. The predicted molar refractivity (Wildman–Crippen MR) is 357 cm³/mol. The summed E-state index contributed by atoms with van der Waals surface area (Å²) in [5.74, 6) is -2.13. The number of benzene rings is 9. The van der Waals surface area contributed by atoms with Gasteiger partial charge in [-0.3, -0.25) is 4.57 Å². The number of allylic oxidation sites excluding steroid dienone is 5. The molecule has 10 N–H and O–H groups in total. The fraction of sp³-hybridized carbons (Fsp3) is 0.0833. The van der Waals surface area contributed by atoms with E-state index in [1.165, 1.54) is 17.7 Å². The van der Waals surface area contributed by atoms with Gasteiger partial charge in [0.05, 0.1) is 16.6 Å². The largest absolute Gasteiger partial charge is 0.507 e. The molecule has 14 nitrogen and oxygen atoms in total. The van der Waals surface area contributed by atoms with Crippen LogP contribution in [0.15, 0.2) is 216 Å². The van der Waals surface area contributed by atoms with Gasteiger partial charge >= 0.3 is 11.9 Å². The summed E-state index contributed by atoms with van der Waals surface area (Å²) in [7, 11) is 0. The number of phenols is 2. The maximum Gasteiger partial charge on any atom is 0.339 e. The van der Waals surface area contributed by atoms with Gasteiger partial charge in [0.25, 0.3) is 4.84 Å². The summed E-state index contributed by atoms with van der Waals surface area (Å²) in [6, 6.07) is 56.7. The van der Waals surface area contributed by atoms with Gasteiger partial charge in [0.2, 0.25) is 0 Å². The Hall–Kier alpha value is -10.9. The van der Waals surface area contributed by atoms with Crippen LogP contribution in [0.2, 0.25) is 5.02 Å². The minimum absolute atomic E-state index is 0.0407. The summed E-state index contributed by atoms with van der Waals surface area (Å²) in [4.78, 5) is 32.6. The lowest BCUT2D eigenvalue weighted by atomic mass is 9.90. The van der Waals surface area contributed by atoms with Crippen molar-refractivity contribution in [1.29, 1.82) is 5.41 Å². The molecule has 88 heavy (non-hydrogen) atoms. The van der Waals surface area contributed by atoms with Crippen molar-refractivity contribution in [1.82, 2.24) is 14.5 Å². The third kappa shape index (κ3) is 14.6. The lowest BCUT2D eigenvalue weighted by Crippen LogP contribution is -2.27. The highest BCUT2D eigenvalue weighted by atomic mass is 35.5. The summed E-state index contributed by atoms with van der Waals surface area (Å²) in [5.41, 5.74) is 23.7. The molecule has 12 rings (SSSR count). The van der Waals surface area contributed by atoms with Crippen molar-refractivity contribution in [2.45, 2.75) is 40.2 Å². The molecule has 2 heterocycles. The number of carbonyl (C=O) groups is 2. The number of aromatic carboxylic acids is 2. The number of hydrogen-bond acceptors (Lipinski definition) is 12. The van der Waals surface area contributed by atoms with E-state index in [1.54, 1.807) is 54.7 Å². The van der Waals surface area contributed by atoms with Gasteiger partial charge < -0.3 is 47.0 Å². The number of nitrogens with one attached hydrogen (secondary N) is 2. The molecule has 440 valence electrons. The Morgan fingerprint density at radius 1 is 0.682 bits per heavy atom. The van der Waals surface area contributed by atoms with Crippen molar-refractivity contribution in [2.75, 3.05) is 16.8 Å². The summed E-state index contributed by atoms with van der Waals surface area (Å²) < 4.78 is 7.31. The Balaban J connectivity index is 0.000000142. The average molecular weight is 1200 g/mol. The molecule has 1 aliphatic rings. The standard InChI is InChI=1S/C23H16O6.C20H18N2.C16H14ClN3.C13H14N2OS/c24-20-16(14-7-3-1-5-12(14)9-18(20)22(26)27)11-17-15-8-4-2-6-13(15)10-19(21(17)25)23(28)29;1-14-4-2-5-16(12-14)20(15-8-10-18(21)11-9-15)17-6-3-7-19(22)13-17;1-10-6-7-11(8-13(10)17)9-15-19-14-5-3-2-4-12(14)16(18)20-15;1-3-15-10(2)12(16-13(15)17)9-14-11-7-5-4-6-8-11/h1-10,24-25H,11H2,(H,26,27)(H,28,29);2-13,21H,22H2,1H3;2-8H,9H2,1H3,(H2,18,19,20);4-9,14H,2-3H2,1H3/b;;;12-9-. The minimum Gasteiger partial charge on any atom is -0.507 e. The van der Waals surface area contributed by atoms with Crippen LogP contribution in [0.25, 0.3) is 50.8 Å². The smallest absolute Gasteiger partial charge is 0.339 e. The molecule has 0 atom stereocenters. The lowest BCUT2D eigenvalue weighted by Gasteiger charge is -2.16. The molecule has 1 aliphatic carbocycles. The SMILES string of the molecule is C=c1/c(=C/Nc2ccccc2)oc(=S)n1CC.Cc1ccc(Cc2nc(N)c3ccccc3n2)cc1Cl.Cc1cccc(C(=C2C=CC(=N)C=C2)c2cccc(N)c2)c1.O=C(O)c1cc2ccccc2c(Cc2c(O)c(C(=O)O)cc3ccccc23)c1O. The molecule has 0 fully saturated rings. The summed E-state index contributed by atoms with van der Waals surface area (Å²) in [5, 5.41) is 56.1. The van der Waals surface area contributed by atoms with Crippen LogP contribution in [0.5, 0.6) is 11.5 Å². The normalized spacial score (nSPS) is 11.8. The van der Waals surface area contributed by atoms with Crippen LogP contribution in [-0.2, 0) is 19.4 Å². The first-order chi connectivity index (χ1) is 42.4. The van der Waals surface area contributed by atoms with E-state index in [-0.39, 0.29) is 17.5 Å². The van der Waals surface area contributed by atoms with Crippen molar-refractivity contribution in [3.8, 4) is 11.5 Å². The van der Waals surface area contributed by atoms with Gasteiger partial charge in [-0.2, -0.15) is 0 Å². The zero-order valence-electron chi connectivity index (χ0n) is 48.3. The molecule has 0 spiro atoms. The number of aryl methyl sites for hydroxylation is 2. The van der Waals surface area contributed by atoms with Gasteiger partial charge in [0.15, 0.2) is 5.42 Å². The number of nitrogen functional groups attached to an aromatic ring is 2. The number of aromatic hydroxyl groups is 2. The van der Waals surface area contributed by atoms with Crippen LogP contribution in [0.3, 0.4) is 0 Å². The van der Waals surface area contributed by atoms with Crippen molar-refractivity contribution >= 4 is 109 Å². The number of halogens is 1. The third-order valence-corrected chi connectivity index (χ3v) is 15.2. The number of hydrogen-bond donors (Lipinski definition) is 8. The van der Waals surface area contributed by atoms with Crippen LogP contribution in [-0.4, -0.2) is 52.6 Å². The van der Waals surface area contributed by atoms with Crippen LogP contribution in [0.4, 0.5) is 17.2 Å². The van der Waals surface area contributed by atoms with E-state index in [0.717, 1.165) is 72.6 Å². The van der Waals surface area contributed by atoms with E-state index in [1.807, 2.05) is 134 Å². The van der Waals surface area contributed by atoms with Gasteiger partial charge in [-0.25, -0.2) is 19.6 Å². The van der Waals surface area contributed by atoms with Crippen LogP contribution >= 0.6 is 23.8 Å². The molecular formula is C72H62ClN7O7S. The second-order valence-corrected chi connectivity index (χ2v) is 21.3. The molecule has 9 aromatic carbocycles. The summed E-state index contributed by atoms with van der Waals surface area (Å²) >= 11 is 11.2. The summed E-state index contributed by atoms with van der Waals surface area (Å²) in [6.45, 7) is 10.8. The number of para-hydroxylation sites is 2. The molecule has 0 aliphatic heterocycles. The van der Waals surface area contributed by atoms with Gasteiger partial charge in [-0.05, 0) is 155 Å². The Bertz CT molecular complexity index is 4600. The number of rotatable bonds is 11. The number of carboxylic acid groups (broad SMARTS) is 2. The highest BCUT2D eigenvalue weighted by molar-refractivity contribution is 7.71. The zero-order valence-corrected chi connectivity index (χ0v) is 49.9. The fourth-order valence-corrected chi connectivity index (χ4v) is 10.6. The van der Waals surface area contributed by atoms with E-state index in [0.29, 0.717) is 66.7 Å². The second-order valence-electron chi connectivity index (χ2n) is 20.6. The van der Waals surface area contributed by atoms with Gasteiger partial charge in [-0.15, -0.1) is 0 Å². The molecule has 16 heteroatoms. The van der Waals surface area contributed by atoms with E-state index in [4.69, 9.17) is 45.1 Å². The number of fused-ring (bicyclic) bond motifs is 3. The first kappa shape index (κ1) is 61.7. The lowest BCUT2D eigenvalue weighted by molar-refractivity contribution is 0.0682. The average Bonchev–Trinajstić information content (AvgIpc) is 1.60. The molecule has 0 saturated carbocycles. The van der Waals surface area contributed by atoms with Crippen molar-refractivity contribution in [3.05, 3.63) is 288 Å². The first-order valence-corrected chi connectivity index (χ1v) is 28.7. The number of aromatic nitrogens is 3. The molecule has 0 bridgehead atoms. The van der Waals surface area contributed by atoms with Crippen molar-refractivity contribution in [3.63, 3.8) is 0 Å². The molecule has 0 amide bonds. The van der Waals surface area contributed by atoms with Crippen LogP contribution in [0, 0.1) is 24.1 Å². The summed E-state index contributed by atoms with van der Waals surface area (Å²) in [6.07, 6.45) is 9.97. The van der Waals surface area contributed by atoms with Crippen LogP contribution < -0.4 is 27.5 Å². The van der Waals surface area contributed by atoms with E-state index in [2.05, 4.69) is 59.1 Å². The highest BCUT2D eigenvalue weighted by Crippen LogP contribution is 2.39. The fourth-order valence-electron chi connectivity index (χ4n) is 10.0. The van der Waals surface area contributed by atoms with E-state index in [9.17, 15) is 30.0 Å². The van der Waals surface area contributed by atoms with E-state index < -0.39 is 23.4 Å². The number of oxazole rings is 1. The number of carboxylic acids is 2. The highest BCUT2D eigenvalue weighted by Gasteiger charge is 2.23. The second kappa shape index (κ2) is 27.9. The zero-order chi connectivity index (χ0) is 62.6. The number of anilines is 3. The quantitative estimate of drug-likeness (QED) is 0.0444. The first-order valence-electron chi connectivity index (χ1n) is 27.9. The molecule has 0 radical (unpaired) electrons. The molecular weight excluding hydrogens is 1140 g/mol. The molecule has 11 aromatic rings. The Morgan fingerprint density at radius 3 is 1.82 bits per heavy atom. The van der Waals surface area contributed by atoms with Gasteiger partial charge in [-0.1, -0.05) is 163 Å². The molecule has 0 saturated heterocycles. The Kier molecular flexibility index (Phi) is 19.5. The number of nitrogens with two attached hydrogens (primary N) is 2. The Labute approximate surface area is 517 Å². The van der Waals surface area contributed by atoms with Crippen molar-refractivity contribution < 1.29 is 34.4 Å². The Morgan fingerprint density at radius 2 is 1.25 bits per heavy atom. The van der Waals surface area contributed by atoms with Gasteiger partial charge in [0, 0.05) is 58.5 Å². The van der Waals surface area contributed by atoms with Gasteiger partial charge in [0.1, 0.15) is 34.3 Å². The maximum absolute atomic E-state index is 11.6. The minimum atomic E-state index is -1.28. The molecule has 0 unspecified atom stereocenters. The maximum atomic E-state index is 11.6. The topological polar surface area (TPSA) is 247 Å². The number of nitrogens with zero attached hydrogens (tertiary/aromatic N) is 3. The monoisotopic (exact) mass is 1200 g/mol. The van der Waals surface area contributed by atoms with Crippen molar-refractivity contribution in [2.24, 2.45) is 0 Å². The third-order valence-electron chi connectivity index (χ3n) is 14.5. The van der Waals surface area contributed by atoms with E-state index >= 15 is 0 Å². The van der Waals surface area contributed by atoms with Crippen LogP contribution in [0.1, 0.15) is 72.4 Å². The predicted octanol–water partition coefficient (Wildman–Crippen LogP) is 14.8.